The van der Waals surface area contributed by atoms with Crippen molar-refractivity contribution >= 4 is 23.5 Å². The zero-order valence-corrected chi connectivity index (χ0v) is 11.5. The molecule has 0 radical (unpaired) electrons. The second-order valence-electron chi connectivity index (χ2n) is 4.30. The van der Waals surface area contributed by atoms with Gasteiger partial charge in [-0.15, -0.1) is 0 Å². The lowest BCUT2D eigenvalue weighted by Crippen LogP contribution is -2.38. The molecule has 0 aromatic heterocycles. The number of benzene rings is 1. The predicted octanol–water partition coefficient (Wildman–Crippen LogP) is 1.02. The molecule has 0 unspecified atom stereocenters. The van der Waals surface area contributed by atoms with Gasteiger partial charge in [0.2, 0.25) is 5.91 Å². The zero-order valence-electron chi connectivity index (χ0n) is 10.7. The number of nitrogens with one attached hydrogen (secondary N) is 1. The summed E-state index contributed by atoms with van der Waals surface area (Å²) < 4.78 is 0. The van der Waals surface area contributed by atoms with Crippen molar-refractivity contribution in [2.24, 2.45) is 0 Å². The first-order valence-electron chi connectivity index (χ1n) is 5.89. The Morgan fingerprint density at radius 2 is 2.11 bits per heavy atom. The second kappa shape index (κ2) is 7.76. The molecule has 2 N–H and O–H groups in total. The Bertz CT molecular complexity index is 451. The minimum atomic E-state index is -0.950. The Morgan fingerprint density at radius 3 is 2.74 bits per heavy atom. The minimum absolute atomic E-state index is 0.0713. The maximum atomic E-state index is 11.5. The fraction of sp³-hybridized carbons (Fsp3) is 0.385. The number of carboxylic acids is 1. The Morgan fingerprint density at radius 1 is 1.37 bits per heavy atom. The van der Waals surface area contributed by atoms with Gasteiger partial charge in [0.25, 0.3) is 0 Å². The normalized spacial score (nSPS) is 10.5. The summed E-state index contributed by atoms with van der Waals surface area (Å²) in [4.78, 5) is 23.4. The number of amides is 1. The maximum absolute atomic E-state index is 11.5. The van der Waals surface area contributed by atoms with E-state index < -0.39 is 5.97 Å². The Kier molecular flexibility index (Phi) is 6.32. The number of hydrogen-bond donors (Lipinski definition) is 2. The second-order valence-corrected chi connectivity index (χ2v) is 4.73. The van der Waals surface area contributed by atoms with Gasteiger partial charge in [-0.3, -0.25) is 14.5 Å². The fourth-order valence-electron chi connectivity index (χ4n) is 1.63. The molecule has 1 rings (SSSR count). The van der Waals surface area contributed by atoms with E-state index in [-0.39, 0.29) is 19.0 Å². The molecule has 1 amide bonds. The van der Waals surface area contributed by atoms with Crippen LogP contribution in [0.5, 0.6) is 0 Å². The lowest BCUT2D eigenvalue weighted by Gasteiger charge is -2.13. The zero-order chi connectivity index (χ0) is 14.3. The van der Waals surface area contributed by atoms with Gasteiger partial charge in [0.1, 0.15) is 0 Å². The molecule has 6 heteroatoms. The summed E-state index contributed by atoms with van der Waals surface area (Å²) in [6.45, 7) is 0.420. The molecule has 0 spiro atoms. The number of hydrogen-bond acceptors (Lipinski definition) is 3. The molecular formula is C13H17ClN2O3. The highest BCUT2D eigenvalue weighted by molar-refractivity contribution is 6.30. The lowest BCUT2D eigenvalue weighted by atomic mass is 10.1. The number of aliphatic carboxylic acids is 1. The van der Waals surface area contributed by atoms with Crippen LogP contribution in [0.1, 0.15) is 5.56 Å². The van der Waals surface area contributed by atoms with Crippen LogP contribution < -0.4 is 5.32 Å². The van der Waals surface area contributed by atoms with Crippen LogP contribution in [0.25, 0.3) is 0 Å². The van der Waals surface area contributed by atoms with Crippen molar-refractivity contribution in [1.82, 2.24) is 10.2 Å². The van der Waals surface area contributed by atoms with Crippen LogP contribution in [0, 0.1) is 0 Å². The lowest BCUT2D eigenvalue weighted by molar-refractivity contribution is -0.138. The smallest absolute Gasteiger partial charge is 0.317 e. The predicted molar refractivity (Wildman–Crippen MR) is 73.3 cm³/mol. The summed E-state index contributed by atoms with van der Waals surface area (Å²) in [6, 6.07) is 7.45. The molecule has 0 aliphatic rings. The maximum Gasteiger partial charge on any atom is 0.317 e. The van der Waals surface area contributed by atoms with E-state index >= 15 is 0 Å². The first-order valence-corrected chi connectivity index (χ1v) is 6.26. The van der Waals surface area contributed by atoms with Gasteiger partial charge in [-0.25, -0.2) is 0 Å². The third kappa shape index (κ3) is 6.79. The quantitative estimate of drug-likeness (QED) is 0.784. The number of carbonyl (C=O) groups is 2. The third-order valence-corrected chi connectivity index (χ3v) is 2.68. The van der Waals surface area contributed by atoms with Gasteiger partial charge in [0.05, 0.1) is 13.1 Å². The molecule has 5 nitrogen and oxygen atoms in total. The highest BCUT2D eigenvalue weighted by Crippen LogP contribution is 2.10. The van der Waals surface area contributed by atoms with Crippen molar-refractivity contribution in [2.45, 2.75) is 6.42 Å². The standard InChI is InChI=1S/C13H17ClN2O3/c1-16(9-13(18)19)8-12(17)15-6-5-10-3-2-4-11(14)7-10/h2-4,7H,5-6,8-9H2,1H3,(H,15,17)(H,18,19). The molecule has 0 saturated heterocycles. The van der Waals surface area contributed by atoms with Gasteiger partial charge in [0, 0.05) is 11.6 Å². The molecular weight excluding hydrogens is 268 g/mol. The fourth-order valence-corrected chi connectivity index (χ4v) is 1.84. The number of carbonyl (C=O) groups excluding carboxylic acids is 1. The van der Waals surface area contributed by atoms with E-state index in [1.807, 2.05) is 18.2 Å². The number of carboxylic acid groups (broad SMARTS) is 1. The largest absolute Gasteiger partial charge is 0.480 e. The molecule has 0 bridgehead atoms. The van der Waals surface area contributed by atoms with Crippen molar-refractivity contribution in [3.63, 3.8) is 0 Å². The molecule has 0 saturated carbocycles. The number of nitrogens with zero attached hydrogens (tertiary/aromatic N) is 1. The average Bonchev–Trinajstić information content (AvgIpc) is 2.27. The van der Waals surface area contributed by atoms with Crippen molar-refractivity contribution in [1.29, 1.82) is 0 Å². The molecule has 1 aromatic rings. The van der Waals surface area contributed by atoms with Gasteiger partial charge >= 0.3 is 5.97 Å². The highest BCUT2D eigenvalue weighted by atomic mass is 35.5. The van der Waals surface area contributed by atoms with Gasteiger partial charge in [-0.05, 0) is 31.2 Å². The van der Waals surface area contributed by atoms with E-state index in [1.54, 1.807) is 13.1 Å². The van der Waals surface area contributed by atoms with Crippen molar-refractivity contribution in [3.05, 3.63) is 34.9 Å². The van der Waals surface area contributed by atoms with E-state index in [1.165, 1.54) is 4.90 Å². The van der Waals surface area contributed by atoms with Gasteiger partial charge in [-0.1, -0.05) is 23.7 Å². The molecule has 0 aliphatic carbocycles. The summed E-state index contributed by atoms with van der Waals surface area (Å²) in [5.74, 6) is -1.14. The number of halogens is 1. The highest BCUT2D eigenvalue weighted by Gasteiger charge is 2.08. The van der Waals surface area contributed by atoms with Crippen molar-refractivity contribution in [2.75, 3.05) is 26.7 Å². The van der Waals surface area contributed by atoms with Gasteiger partial charge in [-0.2, -0.15) is 0 Å². The van der Waals surface area contributed by atoms with Crippen molar-refractivity contribution < 1.29 is 14.7 Å². The SMILES string of the molecule is CN(CC(=O)O)CC(=O)NCCc1cccc(Cl)c1. The van der Waals surface area contributed by atoms with Gasteiger partial charge < -0.3 is 10.4 Å². The third-order valence-electron chi connectivity index (χ3n) is 2.44. The van der Waals surface area contributed by atoms with E-state index in [0.717, 1.165) is 5.56 Å². The van der Waals surface area contributed by atoms with Crippen LogP contribution >= 0.6 is 11.6 Å². The molecule has 104 valence electrons. The number of rotatable bonds is 7. The summed E-state index contributed by atoms with van der Waals surface area (Å²) >= 11 is 5.85. The van der Waals surface area contributed by atoms with Crippen LogP contribution in [-0.4, -0.2) is 48.6 Å². The Balaban J connectivity index is 2.25. The van der Waals surface area contributed by atoms with Crippen LogP contribution in [0.2, 0.25) is 5.02 Å². The minimum Gasteiger partial charge on any atom is -0.480 e. The molecule has 0 atom stereocenters. The van der Waals surface area contributed by atoms with Crippen LogP contribution in [0.3, 0.4) is 0 Å². The molecule has 1 aromatic carbocycles. The summed E-state index contributed by atoms with van der Waals surface area (Å²) in [5.41, 5.74) is 1.05. The van der Waals surface area contributed by atoms with Crippen LogP contribution in [0.15, 0.2) is 24.3 Å². The molecule has 0 fully saturated rings. The molecule has 19 heavy (non-hydrogen) atoms. The first kappa shape index (κ1) is 15.5. The van der Waals surface area contributed by atoms with Crippen molar-refractivity contribution in [3.8, 4) is 0 Å². The number of likely N-dealkylation sites (N-methyl/N-ethyl adjacent to an activating group) is 1. The molecule has 0 heterocycles. The van der Waals surface area contributed by atoms with Crippen LogP contribution in [0.4, 0.5) is 0 Å². The summed E-state index contributed by atoms with van der Waals surface area (Å²) in [7, 11) is 1.59. The average molecular weight is 285 g/mol. The van der Waals surface area contributed by atoms with Gasteiger partial charge in [0.15, 0.2) is 0 Å². The monoisotopic (exact) mass is 284 g/mol. The van der Waals surface area contributed by atoms with Crippen LogP contribution in [-0.2, 0) is 16.0 Å². The topological polar surface area (TPSA) is 69.6 Å². The van der Waals surface area contributed by atoms with E-state index in [2.05, 4.69) is 5.32 Å². The molecule has 0 aliphatic heterocycles. The summed E-state index contributed by atoms with van der Waals surface area (Å²) in [6.07, 6.45) is 0.689. The van der Waals surface area contributed by atoms with E-state index in [0.29, 0.717) is 18.0 Å². The van der Waals surface area contributed by atoms with E-state index in [9.17, 15) is 9.59 Å². The Hall–Kier alpha value is -1.59. The van der Waals surface area contributed by atoms with E-state index in [4.69, 9.17) is 16.7 Å². The summed E-state index contributed by atoms with van der Waals surface area (Å²) in [5, 5.41) is 12.0. The first-order chi connectivity index (χ1) is 8.97. The Labute approximate surface area is 117 Å².